The number of hydrogen-bond acceptors (Lipinski definition) is 7. The van der Waals surface area contributed by atoms with Gasteiger partial charge in [-0.05, 0) is 29.5 Å². The van der Waals surface area contributed by atoms with Crippen LogP contribution in [0.2, 0.25) is 0 Å². The van der Waals surface area contributed by atoms with Crippen molar-refractivity contribution in [2.75, 3.05) is 31.1 Å². The molecule has 0 radical (unpaired) electrons. The van der Waals surface area contributed by atoms with Gasteiger partial charge in [0.1, 0.15) is 4.70 Å². The summed E-state index contributed by atoms with van der Waals surface area (Å²) in [6.45, 7) is 2.50. The Labute approximate surface area is 209 Å². The highest BCUT2D eigenvalue weighted by molar-refractivity contribution is 7.22. The number of nitrogens with zero attached hydrogens (tertiary/aromatic N) is 4. The molecular formula is C23H18F6N4O3S. The number of hydrogen-bond donors (Lipinski definition) is 0. The molecule has 0 N–H and O–H groups in total. The van der Waals surface area contributed by atoms with Gasteiger partial charge in [-0.15, -0.1) is 0 Å². The van der Waals surface area contributed by atoms with Crippen molar-refractivity contribution in [2.45, 2.75) is 18.9 Å². The van der Waals surface area contributed by atoms with Crippen molar-refractivity contribution in [3.8, 4) is 0 Å². The average Bonchev–Trinajstić information content (AvgIpc) is 3.36. The second kappa shape index (κ2) is 8.94. The van der Waals surface area contributed by atoms with E-state index in [1.807, 2.05) is 0 Å². The van der Waals surface area contributed by atoms with E-state index in [0.29, 0.717) is 50.4 Å². The molecule has 5 rings (SSSR count). The maximum absolute atomic E-state index is 13.2. The lowest BCUT2D eigenvalue weighted by molar-refractivity contribution is -0.383. The molecule has 196 valence electrons. The van der Waals surface area contributed by atoms with Crippen LogP contribution < -0.4 is 10.5 Å². The van der Waals surface area contributed by atoms with Crippen LogP contribution in [-0.4, -0.2) is 41.0 Å². The standard InChI is InChI=1S/C23H18F6N4O3S/c24-22(25,26)15-3-1-2-12(4-15)7-31-8-13-10-32(11-14(13)9-31)21-30-20(34)17-5-16(23(27,28)29)6-18(33(35)36)19(17)37-21/h1-6,13-14H,7-11H2. The summed E-state index contributed by atoms with van der Waals surface area (Å²) in [6, 6.07) is 6.18. The van der Waals surface area contributed by atoms with E-state index in [2.05, 4.69) is 9.88 Å². The molecule has 2 aliphatic rings. The number of nitro benzene ring substituents is 1. The molecule has 14 heteroatoms. The first kappa shape index (κ1) is 25.4. The van der Waals surface area contributed by atoms with Gasteiger partial charge in [-0.3, -0.25) is 19.8 Å². The van der Waals surface area contributed by atoms with Crippen molar-refractivity contribution in [1.82, 2.24) is 9.88 Å². The number of anilines is 1. The van der Waals surface area contributed by atoms with Crippen molar-refractivity contribution < 1.29 is 31.3 Å². The summed E-state index contributed by atoms with van der Waals surface area (Å²) in [6.07, 6.45) is -9.28. The predicted octanol–water partition coefficient (Wildman–Crippen LogP) is 5.17. The van der Waals surface area contributed by atoms with E-state index in [1.54, 1.807) is 11.0 Å². The van der Waals surface area contributed by atoms with Gasteiger partial charge in [0.15, 0.2) is 5.13 Å². The fraction of sp³-hybridized carbons (Fsp3) is 0.391. The molecule has 0 spiro atoms. The first-order valence-electron chi connectivity index (χ1n) is 11.1. The smallest absolute Gasteiger partial charge is 0.347 e. The van der Waals surface area contributed by atoms with Gasteiger partial charge < -0.3 is 4.90 Å². The Bertz CT molecular complexity index is 1430. The molecule has 2 unspecified atom stereocenters. The maximum atomic E-state index is 13.2. The van der Waals surface area contributed by atoms with Gasteiger partial charge in [0.25, 0.3) is 11.2 Å². The van der Waals surface area contributed by atoms with Crippen molar-refractivity contribution in [3.63, 3.8) is 0 Å². The van der Waals surface area contributed by atoms with Gasteiger partial charge >= 0.3 is 12.4 Å². The van der Waals surface area contributed by atoms with Crippen LogP contribution in [0.5, 0.6) is 0 Å². The van der Waals surface area contributed by atoms with Crippen LogP contribution in [0.25, 0.3) is 10.1 Å². The summed E-state index contributed by atoms with van der Waals surface area (Å²) in [4.78, 5) is 30.9. The molecular weight excluding hydrogens is 526 g/mol. The first-order chi connectivity index (χ1) is 17.3. The third-order valence-corrected chi connectivity index (χ3v) is 7.87. The van der Waals surface area contributed by atoms with Crippen molar-refractivity contribution in [2.24, 2.45) is 11.8 Å². The van der Waals surface area contributed by atoms with Crippen LogP contribution in [0.3, 0.4) is 0 Å². The summed E-state index contributed by atoms with van der Waals surface area (Å²) < 4.78 is 78.4. The van der Waals surface area contributed by atoms with Gasteiger partial charge in [-0.25, -0.2) is 0 Å². The summed E-state index contributed by atoms with van der Waals surface area (Å²) in [5.74, 6) is 0.265. The number of alkyl halides is 6. The van der Waals surface area contributed by atoms with E-state index in [-0.39, 0.29) is 21.7 Å². The maximum Gasteiger partial charge on any atom is 0.416 e. The lowest BCUT2D eigenvalue weighted by Crippen LogP contribution is -2.29. The Morgan fingerprint density at radius 3 is 2.22 bits per heavy atom. The number of nitro groups is 1. The number of benzene rings is 2. The molecule has 7 nitrogen and oxygen atoms in total. The summed E-state index contributed by atoms with van der Waals surface area (Å²) >= 11 is 0.804. The topological polar surface area (TPSA) is 79.6 Å². The van der Waals surface area contributed by atoms with E-state index in [0.717, 1.165) is 23.5 Å². The molecule has 2 saturated heterocycles. The second-order valence-electron chi connectivity index (χ2n) is 9.25. The summed E-state index contributed by atoms with van der Waals surface area (Å²) in [5.41, 5.74) is -3.22. The second-order valence-corrected chi connectivity index (χ2v) is 10.2. The zero-order chi connectivity index (χ0) is 26.7. The fourth-order valence-corrected chi connectivity index (χ4v) is 6.14. The highest BCUT2D eigenvalue weighted by atomic mass is 32.1. The largest absolute Gasteiger partial charge is 0.416 e. The minimum atomic E-state index is -4.86. The van der Waals surface area contributed by atoms with Gasteiger partial charge in [0.05, 0.1) is 21.4 Å². The molecule has 37 heavy (non-hydrogen) atoms. The molecule has 2 fully saturated rings. The van der Waals surface area contributed by atoms with Gasteiger partial charge in [0.2, 0.25) is 0 Å². The molecule has 3 heterocycles. The number of halogens is 6. The Morgan fingerprint density at radius 2 is 1.62 bits per heavy atom. The Hall–Kier alpha value is -3.26. The first-order valence-corrected chi connectivity index (χ1v) is 11.9. The summed E-state index contributed by atoms with van der Waals surface area (Å²) in [7, 11) is 0. The Balaban J connectivity index is 1.34. The lowest BCUT2D eigenvalue weighted by Gasteiger charge is -2.22. The molecule has 1 aromatic heterocycles. The van der Waals surface area contributed by atoms with Crippen LogP contribution >= 0.6 is 11.3 Å². The minimum Gasteiger partial charge on any atom is -0.347 e. The van der Waals surface area contributed by atoms with Crippen molar-refractivity contribution >= 4 is 32.2 Å². The molecule has 2 atom stereocenters. The van der Waals surface area contributed by atoms with Crippen LogP contribution in [-0.2, 0) is 18.9 Å². The van der Waals surface area contributed by atoms with E-state index in [1.165, 1.54) is 6.07 Å². The molecule has 0 saturated carbocycles. The number of non-ortho nitro benzene ring substituents is 1. The zero-order valence-corrected chi connectivity index (χ0v) is 19.7. The molecule has 0 bridgehead atoms. The van der Waals surface area contributed by atoms with Gasteiger partial charge in [-0.1, -0.05) is 29.5 Å². The number of likely N-dealkylation sites (tertiary alicyclic amines) is 1. The monoisotopic (exact) mass is 544 g/mol. The van der Waals surface area contributed by atoms with E-state index in [9.17, 15) is 41.3 Å². The minimum absolute atomic E-state index is 0.133. The molecule has 0 aliphatic carbocycles. The van der Waals surface area contributed by atoms with E-state index >= 15 is 0 Å². The Kier molecular flexibility index (Phi) is 6.14. The number of aromatic nitrogens is 1. The average molecular weight is 544 g/mol. The number of rotatable bonds is 4. The highest BCUT2D eigenvalue weighted by Gasteiger charge is 2.41. The van der Waals surface area contributed by atoms with Crippen molar-refractivity contribution in [1.29, 1.82) is 0 Å². The SMILES string of the molecule is O=c1nc(N2CC3CN(Cc4cccc(C(F)(F)F)c4)CC3C2)sc2c([N+](=O)[O-])cc(C(F)(F)F)cc12. The molecule has 3 aromatic rings. The van der Waals surface area contributed by atoms with Gasteiger partial charge in [-0.2, -0.15) is 31.3 Å². The number of fused-ring (bicyclic) bond motifs is 2. The van der Waals surface area contributed by atoms with Crippen LogP contribution in [0.15, 0.2) is 41.2 Å². The molecule has 2 aliphatic heterocycles. The quantitative estimate of drug-likeness (QED) is 0.256. The van der Waals surface area contributed by atoms with Crippen molar-refractivity contribution in [3.05, 3.63) is 73.6 Å². The highest BCUT2D eigenvalue weighted by Crippen LogP contribution is 2.40. The third-order valence-electron chi connectivity index (χ3n) is 6.71. The summed E-state index contributed by atoms with van der Waals surface area (Å²) in [5, 5.41) is 11.2. The Morgan fingerprint density at radius 1 is 0.973 bits per heavy atom. The zero-order valence-electron chi connectivity index (χ0n) is 18.8. The predicted molar refractivity (Wildman–Crippen MR) is 123 cm³/mol. The fourth-order valence-electron chi connectivity index (χ4n) is 5.06. The van der Waals surface area contributed by atoms with E-state index in [4.69, 9.17) is 0 Å². The lowest BCUT2D eigenvalue weighted by atomic mass is 10.0. The van der Waals surface area contributed by atoms with E-state index < -0.39 is 45.0 Å². The van der Waals surface area contributed by atoms with Gasteiger partial charge in [0, 0.05) is 38.8 Å². The molecule has 0 amide bonds. The third kappa shape index (κ3) is 4.99. The van der Waals surface area contributed by atoms with Crippen LogP contribution in [0.4, 0.5) is 37.2 Å². The van der Waals surface area contributed by atoms with Crippen LogP contribution in [0.1, 0.15) is 16.7 Å². The van der Waals surface area contributed by atoms with Crippen LogP contribution in [0, 0.1) is 22.0 Å². The normalized spacial score (nSPS) is 20.5. The molecule has 2 aromatic carbocycles.